The molecular weight excluding hydrogens is 305 g/mol. The molecule has 3 rings (SSSR count). The number of nitrogens with two attached hydrogens (primary N) is 1. The van der Waals surface area contributed by atoms with Gasteiger partial charge in [-0.25, -0.2) is 4.79 Å². The van der Waals surface area contributed by atoms with Crippen molar-refractivity contribution in [2.75, 3.05) is 6.67 Å². The Balaban J connectivity index is 2.12. The highest BCUT2D eigenvalue weighted by Gasteiger charge is 2.50. The smallest absolute Gasteiger partial charge is 0.322 e. The zero-order chi connectivity index (χ0) is 16.6. The maximum absolute atomic E-state index is 12.4. The number of fused-ring (bicyclic) bond motifs is 2. The van der Waals surface area contributed by atoms with Gasteiger partial charge in [0.1, 0.15) is 5.75 Å². The lowest BCUT2D eigenvalue weighted by Crippen LogP contribution is -2.45. The topological polar surface area (TPSA) is 111 Å². The normalized spacial score (nSPS) is 22.0. The fourth-order valence-corrected chi connectivity index (χ4v) is 2.70. The number of rotatable bonds is 4. The number of carbonyl (C=O) groups is 3. The van der Waals surface area contributed by atoms with E-state index in [2.05, 4.69) is 10.6 Å². The molecule has 1 atom stereocenters. The third-order valence-electron chi connectivity index (χ3n) is 3.77. The van der Waals surface area contributed by atoms with Gasteiger partial charge in [-0.3, -0.25) is 19.3 Å². The van der Waals surface area contributed by atoms with Crippen molar-refractivity contribution >= 4 is 17.8 Å². The van der Waals surface area contributed by atoms with E-state index in [1.165, 1.54) is 6.08 Å². The van der Waals surface area contributed by atoms with Gasteiger partial charge in [-0.1, -0.05) is 6.07 Å². The van der Waals surface area contributed by atoms with Gasteiger partial charge < -0.3 is 15.8 Å². The van der Waals surface area contributed by atoms with Gasteiger partial charge in [-0.15, -0.1) is 0 Å². The lowest BCUT2D eigenvalue weighted by Gasteiger charge is -2.30. The van der Waals surface area contributed by atoms with Crippen LogP contribution in [0.2, 0.25) is 0 Å². The minimum atomic E-state index is -1.55. The van der Waals surface area contributed by atoms with Crippen LogP contribution in [-0.4, -0.2) is 24.5 Å². The molecule has 0 aromatic heterocycles. The molecule has 120 valence electrons. The van der Waals surface area contributed by atoms with E-state index < -0.39 is 30.1 Å². The molecule has 2 aliphatic rings. The third kappa shape index (κ3) is 2.41. The summed E-state index contributed by atoms with van der Waals surface area (Å²) in [4.78, 5) is 35.3. The number of imide groups is 1. The van der Waals surface area contributed by atoms with Crippen molar-refractivity contribution in [2.24, 2.45) is 5.73 Å². The number of alkyl halides is 1. The Bertz CT molecular complexity index is 746. The van der Waals surface area contributed by atoms with E-state index in [9.17, 15) is 18.8 Å². The van der Waals surface area contributed by atoms with E-state index in [0.717, 1.165) is 5.56 Å². The average Bonchev–Trinajstić information content (AvgIpc) is 2.79. The molecule has 0 bridgehead atoms. The number of halogens is 1. The van der Waals surface area contributed by atoms with Gasteiger partial charge >= 0.3 is 6.03 Å². The Labute approximate surface area is 130 Å². The number of nitrogens with one attached hydrogen (secondary N) is 2. The van der Waals surface area contributed by atoms with Crippen LogP contribution in [0.3, 0.4) is 0 Å². The highest BCUT2D eigenvalue weighted by atomic mass is 19.1. The van der Waals surface area contributed by atoms with Crippen LogP contribution >= 0.6 is 0 Å². The summed E-state index contributed by atoms with van der Waals surface area (Å²) < 4.78 is 17.8. The number of hydrogen-bond acceptors (Lipinski definition) is 4. The summed E-state index contributed by atoms with van der Waals surface area (Å²) in [6.07, 6.45) is 2.01. The monoisotopic (exact) mass is 319 g/mol. The molecule has 0 radical (unpaired) electrons. The van der Waals surface area contributed by atoms with E-state index in [-0.39, 0.29) is 11.5 Å². The van der Waals surface area contributed by atoms with E-state index in [1.807, 2.05) is 0 Å². The van der Waals surface area contributed by atoms with Crippen molar-refractivity contribution in [3.8, 4) is 5.75 Å². The van der Waals surface area contributed by atoms with E-state index in [0.29, 0.717) is 18.4 Å². The molecule has 2 heterocycles. The summed E-state index contributed by atoms with van der Waals surface area (Å²) in [6.45, 7) is -0.457. The lowest BCUT2D eigenvalue weighted by molar-refractivity contribution is -0.123. The molecular formula is C15H14FN3O4. The fraction of sp³-hybridized carbons (Fsp3) is 0.267. The molecule has 1 aromatic carbocycles. The van der Waals surface area contributed by atoms with Crippen LogP contribution in [0.25, 0.3) is 0 Å². The second-order valence-corrected chi connectivity index (χ2v) is 5.31. The van der Waals surface area contributed by atoms with Gasteiger partial charge in [0.25, 0.3) is 11.8 Å². The number of amides is 4. The number of carbonyl (C=O) groups excluding carboxylic acids is 3. The van der Waals surface area contributed by atoms with Crippen LogP contribution in [0.4, 0.5) is 9.18 Å². The van der Waals surface area contributed by atoms with Gasteiger partial charge in [0.2, 0.25) is 0 Å². The Kier molecular flexibility index (Phi) is 3.51. The first-order valence-electron chi connectivity index (χ1n) is 7.00. The summed E-state index contributed by atoms with van der Waals surface area (Å²) >= 11 is 0. The van der Waals surface area contributed by atoms with Crippen molar-refractivity contribution in [1.29, 1.82) is 0 Å². The van der Waals surface area contributed by atoms with Gasteiger partial charge in [-0.05, 0) is 30.5 Å². The summed E-state index contributed by atoms with van der Waals surface area (Å²) in [5.41, 5.74) is 4.84. The number of urea groups is 1. The molecule has 1 spiro atoms. The van der Waals surface area contributed by atoms with Crippen LogP contribution in [-0.2, 0) is 21.5 Å². The highest BCUT2D eigenvalue weighted by molar-refractivity contribution is 6.10. The summed E-state index contributed by atoms with van der Waals surface area (Å²) in [5, 5.41) is 4.64. The van der Waals surface area contributed by atoms with Gasteiger partial charge in [0, 0.05) is 11.6 Å². The van der Waals surface area contributed by atoms with Crippen molar-refractivity contribution in [3.05, 3.63) is 41.2 Å². The van der Waals surface area contributed by atoms with Gasteiger partial charge in [0.15, 0.2) is 11.3 Å². The Morgan fingerprint density at radius 3 is 2.74 bits per heavy atom. The quantitative estimate of drug-likeness (QED) is 0.697. The Morgan fingerprint density at radius 1 is 1.35 bits per heavy atom. The minimum absolute atomic E-state index is 0.230. The molecule has 1 saturated heterocycles. The zero-order valence-corrected chi connectivity index (χ0v) is 12.0. The SMILES string of the molecule is NC(=O)C1=CC2(NC(=O)NC2=O)c2cc(CCCF)ccc2O1. The first-order chi connectivity index (χ1) is 11.0. The molecule has 2 aliphatic heterocycles. The molecule has 1 fully saturated rings. The van der Waals surface area contributed by atoms with Crippen LogP contribution in [0.5, 0.6) is 5.75 Å². The van der Waals surface area contributed by atoms with Gasteiger partial charge in [0.05, 0.1) is 6.67 Å². The molecule has 4 N–H and O–H groups in total. The van der Waals surface area contributed by atoms with Crippen molar-refractivity contribution in [3.63, 3.8) is 0 Å². The van der Waals surface area contributed by atoms with Crippen molar-refractivity contribution in [2.45, 2.75) is 18.4 Å². The first kappa shape index (κ1) is 15.0. The van der Waals surface area contributed by atoms with Crippen LogP contribution in [0, 0.1) is 0 Å². The predicted molar refractivity (Wildman–Crippen MR) is 77.0 cm³/mol. The summed E-state index contributed by atoms with van der Waals surface area (Å²) in [6, 6.07) is 4.25. The summed E-state index contributed by atoms with van der Waals surface area (Å²) in [5.74, 6) is -1.48. The van der Waals surface area contributed by atoms with Crippen LogP contribution in [0.1, 0.15) is 17.5 Å². The zero-order valence-electron chi connectivity index (χ0n) is 12.0. The fourth-order valence-electron chi connectivity index (χ4n) is 2.70. The third-order valence-corrected chi connectivity index (χ3v) is 3.77. The van der Waals surface area contributed by atoms with Crippen molar-refractivity contribution in [1.82, 2.24) is 10.6 Å². The summed E-state index contributed by atoms with van der Waals surface area (Å²) in [7, 11) is 0. The van der Waals surface area contributed by atoms with Crippen molar-refractivity contribution < 1.29 is 23.5 Å². The van der Waals surface area contributed by atoms with Crippen LogP contribution in [0.15, 0.2) is 30.0 Å². The standard InChI is InChI=1S/C15H14FN3O4/c16-5-1-2-8-3-4-10-9(6-8)15(7-11(23-10)12(17)20)13(21)18-14(22)19-15/h3-4,6-7H,1-2,5H2,(H2,17,20)(H2,18,19,21,22). The van der Waals surface area contributed by atoms with Crippen LogP contribution < -0.4 is 21.1 Å². The molecule has 8 heteroatoms. The second kappa shape index (κ2) is 5.38. The number of hydrogen-bond donors (Lipinski definition) is 3. The molecule has 0 saturated carbocycles. The molecule has 7 nitrogen and oxygen atoms in total. The molecule has 1 unspecified atom stereocenters. The first-order valence-corrected chi connectivity index (χ1v) is 7.00. The number of ether oxygens (including phenoxy) is 1. The Hall–Kier alpha value is -2.90. The predicted octanol–water partition coefficient (Wildman–Crippen LogP) is 0.385. The second-order valence-electron chi connectivity index (χ2n) is 5.31. The van der Waals surface area contributed by atoms with E-state index >= 15 is 0 Å². The lowest BCUT2D eigenvalue weighted by atomic mass is 9.85. The maximum Gasteiger partial charge on any atom is 0.322 e. The van der Waals surface area contributed by atoms with Gasteiger partial charge in [-0.2, -0.15) is 0 Å². The minimum Gasteiger partial charge on any atom is -0.451 e. The average molecular weight is 319 g/mol. The number of benzene rings is 1. The largest absolute Gasteiger partial charge is 0.451 e. The number of primary amides is 1. The highest BCUT2D eigenvalue weighted by Crippen LogP contribution is 2.40. The number of aryl methyl sites for hydroxylation is 1. The molecule has 23 heavy (non-hydrogen) atoms. The van der Waals surface area contributed by atoms with E-state index in [4.69, 9.17) is 10.5 Å². The Morgan fingerprint density at radius 2 is 2.13 bits per heavy atom. The molecule has 4 amide bonds. The van der Waals surface area contributed by atoms with E-state index in [1.54, 1.807) is 18.2 Å². The molecule has 0 aliphatic carbocycles. The molecule has 1 aromatic rings. The maximum atomic E-state index is 12.4.